The van der Waals surface area contributed by atoms with E-state index in [1.165, 1.54) is 0 Å². The zero-order chi connectivity index (χ0) is 30.7. The fourth-order valence-electron chi connectivity index (χ4n) is 5.31. The molecule has 5 rings (SSSR count). The van der Waals surface area contributed by atoms with Crippen LogP contribution in [0, 0.1) is 25.7 Å². The van der Waals surface area contributed by atoms with Crippen LogP contribution in [0.2, 0.25) is 5.15 Å². The summed E-state index contributed by atoms with van der Waals surface area (Å²) in [5.74, 6) is 7.15. The summed E-state index contributed by atoms with van der Waals surface area (Å²) in [4.78, 5) is 25.9. The first-order chi connectivity index (χ1) is 20.6. The molecule has 0 amide bonds. The number of methoxy groups -OCH3 is 1. The number of nitrogen functional groups attached to an aromatic ring is 1. The number of aryl methyl sites for hydroxylation is 1. The standard InChI is InChI=1S/C33H37ClN6O3/c1-20-16-36-26(21(2)28(20)42-5)19-40-18-24(27-29(34)38-32(35)39-30(27)40)15-14-22-10-12-23(13-11-22)17-37-33(3,4)31(41)43-25-8-6-7-9-25/h10-13,16,18,25,37H,6-9,17,19H2,1-5H3,(H2,35,38,39). The number of aromatic nitrogens is 4. The predicted octanol–water partition coefficient (Wildman–Crippen LogP) is 5.49. The van der Waals surface area contributed by atoms with Gasteiger partial charge in [-0.2, -0.15) is 4.98 Å². The minimum absolute atomic E-state index is 0.0474. The summed E-state index contributed by atoms with van der Waals surface area (Å²) in [6.07, 6.45) is 7.90. The number of benzene rings is 1. The lowest BCUT2D eigenvalue weighted by Crippen LogP contribution is -2.48. The van der Waals surface area contributed by atoms with Crippen LogP contribution in [0.5, 0.6) is 5.75 Å². The molecule has 224 valence electrons. The molecule has 9 nitrogen and oxygen atoms in total. The van der Waals surface area contributed by atoms with Gasteiger partial charge in [-0.25, -0.2) is 4.98 Å². The first-order valence-corrected chi connectivity index (χ1v) is 14.8. The van der Waals surface area contributed by atoms with Gasteiger partial charge in [-0.1, -0.05) is 35.6 Å². The van der Waals surface area contributed by atoms with Crippen LogP contribution >= 0.6 is 11.6 Å². The molecule has 0 spiro atoms. The molecule has 4 aromatic rings. The highest BCUT2D eigenvalue weighted by Crippen LogP contribution is 2.29. The molecule has 1 fully saturated rings. The van der Waals surface area contributed by atoms with Crippen LogP contribution in [-0.4, -0.2) is 44.2 Å². The van der Waals surface area contributed by atoms with Gasteiger partial charge in [-0.15, -0.1) is 0 Å². The van der Waals surface area contributed by atoms with Crippen molar-refractivity contribution < 1.29 is 14.3 Å². The van der Waals surface area contributed by atoms with E-state index in [1.54, 1.807) is 13.3 Å². The summed E-state index contributed by atoms with van der Waals surface area (Å²) in [6, 6.07) is 7.90. The molecule has 1 aliphatic rings. The molecule has 0 aliphatic heterocycles. The fraction of sp³-hybridized carbons (Fsp3) is 0.394. The normalized spacial score (nSPS) is 13.6. The maximum Gasteiger partial charge on any atom is 0.326 e. The molecule has 1 aromatic carbocycles. The Hall–Kier alpha value is -4.13. The fourth-order valence-corrected chi connectivity index (χ4v) is 5.58. The van der Waals surface area contributed by atoms with Crippen molar-refractivity contribution in [3.8, 4) is 17.6 Å². The minimum atomic E-state index is -0.780. The summed E-state index contributed by atoms with van der Waals surface area (Å²) >= 11 is 6.54. The van der Waals surface area contributed by atoms with Gasteiger partial charge >= 0.3 is 5.97 Å². The van der Waals surface area contributed by atoms with Gasteiger partial charge in [0, 0.05) is 35.6 Å². The highest BCUT2D eigenvalue weighted by molar-refractivity contribution is 6.34. The third-order valence-corrected chi connectivity index (χ3v) is 8.15. The second-order valence-electron chi connectivity index (χ2n) is 11.5. The van der Waals surface area contributed by atoms with Gasteiger partial charge in [0.2, 0.25) is 5.95 Å². The number of halogens is 1. The largest absolute Gasteiger partial charge is 0.496 e. The van der Waals surface area contributed by atoms with Gasteiger partial charge in [0.05, 0.1) is 30.3 Å². The number of fused-ring (bicyclic) bond motifs is 1. The number of hydrogen-bond acceptors (Lipinski definition) is 8. The number of carbonyl (C=O) groups is 1. The van der Waals surface area contributed by atoms with Crippen molar-refractivity contribution in [3.63, 3.8) is 0 Å². The molecular formula is C33H37ClN6O3. The average molecular weight is 601 g/mol. The molecule has 3 heterocycles. The second-order valence-corrected chi connectivity index (χ2v) is 11.9. The molecule has 3 aromatic heterocycles. The second kappa shape index (κ2) is 12.6. The number of ether oxygens (including phenoxy) is 2. The quantitative estimate of drug-likeness (QED) is 0.155. The average Bonchev–Trinajstić information content (AvgIpc) is 3.61. The van der Waals surface area contributed by atoms with Gasteiger partial charge in [0.1, 0.15) is 28.2 Å². The lowest BCUT2D eigenvalue weighted by molar-refractivity contribution is -0.155. The van der Waals surface area contributed by atoms with E-state index in [-0.39, 0.29) is 23.2 Å². The molecule has 0 unspecified atom stereocenters. The SMILES string of the molecule is COc1c(C)cnc(Cn2cc(C#Cc3ccc(CNC(C)(C)C(=O)OC4CCCC4)cc3)c3c(Cl)nc(N)nc32)c1C. The summed E-state index contributed by atoms with van der Waals surface area (Å²) in [5, 5.41) is 4.20. The molecule has 3 N–H and O–H groups in total. The molecule has 0 saturated heterocycles. The van der Waals surface area contributed by atoms with Crippen LogP contribution in [0.1, 0.15) is 73.0 Å². The Morgan fingerprint density at radius 3 is 2.58 bits per heavy atom. The number of anilines is 1. The van der Waals surface area contributed by atoms with E-state index in [1.807, 2.05) is 62.7 Å². The topological polar surface area (TPSA) is 117 Å². The van der Waals surface area contributed by atoms with Crippen molar-refractivity contribution in [3.05, 3.63) is 75.3 Å². The number of nitrogens with one attached hydrogen (secondary N) is 1. The number of esters is 1. The zero-order valence-corrected chi connectivity index (χ0v) is 26.0. The smallest absolute Gasteiger partial charge is 0.326 e. The number of carbonyl (C=O) groups excluding carboxylic acids is 1. The zero-order valence-electron chi connectivity index (χ0n) is 25.3. The first-order valence-electron chi connectivity index (χ1n) is 14.4. The maximum absolute atomic E-state index is 12.7. The van der Waals surface area contributed by atoms with E-state index < -0.39 is 5.54 Å². The van der Waals surface area contributed by atoms with Crippen LogP contribution in [-0.2, 0) is 22.6 Å². The summed E-state index contributed by atoms with van der Waals surface area (Å²) in [6.45, 7) is 8.62. The third-order valence-electron chi connectivity index (χ3n) is 7.88. The Bertz CT molecular complexity index is 1710. The molecular weight excluding hydrogens is 564 g/mol. The molecule has 1 saturated carbocycles. The Morgan fingerprint density at radius 2 is 1.88 bits per heavy atom. The van der Waals surface area contributed by atoms with Gasteiger partial charge in [-0.3, -0.25) is 15.1 Å². The first kappa shape index (κ1) is 30.3. The Labute approximate surface area is 257 Å². The molecule has 10 heteroatoms. The number of nitrogens with zero attached hydrogens (tertiary/aromatic N) is 4. The van der Waals surface area contributed by atoms with Gasteiger partial charge in [0.15, 0.2) is 0 Å². The van der Waals surface area contributed by atoms with Crippen LogP contribution in [0.25, 0.3) is 11.0 Å². The summed E-state index contributed by atoms with van der Waals surface area (Å²) in [7, 11) is 1.66. The van der Waals surface area contributed by atoms with E-state index in [0.29, 0.717) is 29.7 Å². The van der Waals surface area contributed by atoms with E-state index in [0.717, 1.165) is 59.4 Å². The van der Waals surface area contributed by atoms with Crippen molar-refractivity contribution in [2.24, 2.45) is 0 Å². The summed E-state index contributed by atoms with van der Waals surface area (Å²) < 4.78 is 13.2. The van der Waals surface area contributed by atoms with E-state index in [2.05, 4.69) is 32.1 Å². The van der Waals surface area contributed by atoms with E-state index >= 15 is 0 Å². The molecule has 43 heavy (non-hydrogen) atoms. The minimum Gasteiger partial charge on any atom is -0.496 e. The van der Waals surface area contributed by atoms with Gasteiger partial charge in [-0.05, 0) is 71.1 Å². The highest BCUT2D eigenvalue weighted by Gasteiger charge is 2.31. The van der Waals surface area contributed by atoms with Crippen LogP contribution in [0.3, 0.4) is 0 Å². The van der Waals surface area contributed by atoms with Crippen molar-refractivity contribution in [1.29, 1.82) is 0 Å². The number of nitrogens with two attached hydrogens (primary N) is 1. The molecule has 1 aliphatic carbocycles. The molecule has 0 atom stereocenters. The van der Waals surface area contributed by atoms with Crippen molar-refractivity contribution in [2.75, 3.05) is 12.8 Å². The monoisotopic (exact) mass is 600 g/mol. The van der Waals surface area contributed by atoms with Crippen molar-refractivity contribution >= 4 is 34.6 Å². The Kier molecular flexibility index (Phi) is 8.90. The van der Waals surface area contributed by atoms with Crippen LogP contribution in [0.15, 0.2) is 36.7 Å². The van der Waals surface area contributed by atoms with E-state index in [4.69, 9.17) is 26.8 Å². The van der Waals surface area contributed by atoms with Crippen LogP contribution in [0.4, 0.5) is 5.95 Å². The van der Waals surface area contributed by atoms with Crippen molar-refractivity contribution in [1.82, 2.24) is 24.8 Å². The number of rotatable bonds is 8. The highest BCUT2D eigenvalue weighted by atomic mass is 35.5. The van der Waals surface area contributed by atoms with Crippen molar-refractivity contribution in [2.45, 2.75) is 78.1 Å². The Morgan fingerprint density at radius 1 is 1.16 bits per heavy atom. The summed E-state index contributed by atoms with van der Waals surface area (Å²) in [5.41, 5.74) is 11.1. The van der Waals surface area contributed by atoms with E-state index in [9.17, 15) is 4.79 Å². The number of pyridine rings is 1. The predicted molar refractivity (Wildman–Crippen MR) is 168 cm³/mol. The maximum atomic E-state index is 12.7. The third kappa shape index (κ3) is 6.76. The van der Waals surface area contributed by atoms with Gasteiger partial charge < -0.3 is 19.8 Å². The Balaban J connectivity index is 1.34. The van der Waals surface area contributed by atoms with Gasteiger partial charge in [0.25, 0.3) is 0 Å². The molecule has 0 radical (unpaired) electrons. The van der Waals surface area contributed by atoms with Crippen LogP contribution < -0.4 is 15.8 Å². The number of hydrogen-bond donors (Lipinski definition) is 2. The lowest BCUT2D eigenvalue weighted by atomic mass is 10.0. The molecule has 0 bridgehead atoms. The lowest BCUT2D eigenvalue weighted by Gasteiger charge is -2.26.